The number of rotatable bonds is 3. The van der Waals surface area contributed by atoms with E-state index in [1.807, 2.05) is 6.20 Å². The number of likely N-dealkylation sites (tertiary alicyclic amines) is 1. The summed E-state index contributed by atoms with van der Waals surface area (Å²) >= 11 is 0. The van der Waals surface area contributed by atoms with Gasteiger partial charge in [0.05, 0.1) is 10.9 Å². The molecular weight excluding hydrogens is 372 g/mol. The molecule has 0 N–H and O–H groups in total. The lowest BCUT2D eigenvalue weighted by Crippen LogP contribution is -2.37. The zero-order chi connectivity index (χ0) is 20.3. The minimum absolute atomic E-state index is 0.256. The molecule has 1 atom stereocenters. The van der Waals surface area contributed by atoms with E-state index in [0.29, 0.717) is 5.91 Å². The zero-order valence-electron chi connectivity index (χ0n) is 17.3. The molecule has 4 heterocycles. The monoisotopic (exact) mass is 398 g/mol. The molecule has 5 nitrogen and oxygen atoms in total. The van der Waals surface area contributed by atoms with Crippen molar-refractivity contribution in [3.05, 3.63) is 66.0 Å². The van der Waals surface area contributed by atoms with Gasteiger partial charge in [-0.3, -0.25) is 4.79 Å². The van der Waals surface area contributed by atoms with Gasteiger partial charge in [0.1, 0.15) is 0 Å². The molecule has 6 rings (SSSR count). The standard InChI is InChI=1S/C25H26N4O/c1-27-13-9-19-8-12-26-23(22(19)27)29-15-11-25(17-29)10-14-28(24(25)30)16-20-7-6-18-4-2-3-5-21(18)20/h2-5,7-9,12-13H,6,10-11,14-17H2,1H3. The van der Waals surface area contributed by atoms with Crippen molar-refractivity contribution >= 4 is 28.2 Å². The van der Waals surface area contributed by atoms with Crippen molar-refractivity contribution in [1.29, 1.82) is 0 Å². The largest absolute Gasteiger partial charge is 0.354 e. The lowest BCUT2D eigenvalue weighted by molar-refractivity contribution is -0.134. The number of hydrogen-bond donors (Lipinski definition) is 0. The minimum atomic E-state index is -0.256. The van der Waals surface area contributed by atoms with Crippen LogP contribution in [0.15, 0.2) is 54.9 Å². The molecule has 152 valence electrons. The van der Waals surface area contributed by atoms with Crippen molar-refractivity contribution in [2.45, 2.75) is 19.3 Å². The van der Waals surface area contributed by atoms with E-state index in [2.05, 4.69) is 70.1 Å². The van der Waals surface area contributed by atoms with Crippen LogP contribution in [0.25, 0.3) is 16.5 Å². The van der Waals surface area contributed by atoms with Crippen molar-refractivity contribution in [1.82, 2.24) is 14.5 Å². The van der Waals surface area contributed by atoms with Crippen molar-refractivity contribution in [2.75, 3.05) is 31.1 Å². The van der Waals surface area contributed by atoms with E-state index in [0.717, 1.165) is 56.8 Å². The minimum Gasteiger partial charge on any atom is -0.354 e. The van der Waals surface area contributed by atoms with Gasteiger partial charge in [0.2, 0.25) is 5.91 Å². The Balaban J connectivity index is 1.23. The molecule has 2 aromatic heterocycles. The molecule has 0 saturated carbocycles. The van der Waals surface area contributed by atoms with Crippen molar-refractivity contribution < 1.29 is 4.79 Å². The van der Waals surface area contributed by atoms with Gasteiger partial charge >= 0.3 is 0 Å². The molecule has 0 bridgehead atoms. The van der Waals surface area contributed by atoms with E-state index in [1.54, 1.807) is 0 Å². The third-order valence-corrected chi connectivity index (χ3v) is 7.31. The second kappa shape index (κ2) is 6.46. The van der Waals surface area contributed by atoms with E-state index in [1.165, 1.54) is 22.1 Å². The number of benzene rings is 1. The Morgan fingerprint density at radius 3 is 2.90 bits per heavy atom. The quantitative estimate of drug-likeness (QED) is 0.676. The third kappa shape index (κ3) is 2.54. The second-order valence-corrected chi connectivity index (χ2v) is 9.02. The number of carbonyl (C=O) groups is 1. The molecule has 1 spiro atoms. The molecule has 3 aromatic rings. The van der Waals surface area contributed by atoms with Gasteiger partial charge in [0, 0.05) is 51.0 Å². The maximum Gasteiger partial charge on any atom is 0.231 e. The number of fused-ring (bicyclic) bond motifs is 2. The molecule has 1 amide bonds. The highest BCUT2D eigenvalue weighted by Gasteiger charge is 2.51. The fraction of sp³-hybridized carbons (Fsp3) is 0.360. The predicted octanol–water partition coefficient (Wildman–Crippen LogP) is 3.64. The molecule has 1 unspecified atom stereocenters. The molecule has 1 aliphatic carbocycles. The first kappa shape index (κ1) is 17.8. The number of nitrogens with zero attached hydrogens (tertiary/aromatic N) is 4. The Bertz CT molecular complexity index is 1190. The first-order chi connectivity index (χ1) is 14.6. The van der Waals surface area contributed by atoms with E-state index < -0.39 is 0 Å². The smallest absolute Gasteiger partial charge is 0.231 e. The molecule has 3 aliphatic rings. The van der Waals surface area contributed by atoms with Gasteiger partial charge in [0.25, 0.3) is 0 Å². The predicted molar refractivity (Wildman–Crippen MR) is 119 cm³/mol. The number of aromatic nitrogens is 2. The van der Waals surface area contributed by atoms with Crippen LogP contribution < -0.4 is 4.90 Å². The van der Waals surface area contributed by atoms with Crippen LogP contribution in [-0.4, -0.2) is 46.5 Å². The number of amides is 1. The summed E-state index contributed by atoms with van der Waals surface area (Å²) < 4.78 is 2.13. The summed E-state index contributed by atoms with van der Waals surface area (Å²) in [7, 11) is 2.06. The number of aryl methyl sites for hydroxylation is 1. The summed E-state index contributed by atoms with van der Waals surface area (Å²) in [6.45, 7) is 3.26. The first-order valence-corrected chi connectivity index (χ1v) is 10.9. The van der Waals surface area contributed by atoms with Crippen LogP contribution in [0.3, 0.4) is 0 Å². The summed E-state index contributed by atoms with van der Waals surface area (Å²) in [5, 5.41) is 1.20. The molecule has 2 saturated heterocycles. The Morgan fingerprint density at radius 2 is 1.97 bits per heavy atom. The van der Waals surface area contributed by atoms with Crippen LogP contribution in [0, 0.1) is 5.41 Å². The van der Waals surface area contributed by atoms with Crippen LogP contribution in [0.2, 0.25) is 0 Å². The molecular formula is C25H26N4O. The normalized spacial score (nSPS) is 23.1. The van der Waals surface area contributed by atoms with Crippen LogP contribution in [-0.2, 0) is 18.3 Å². The Hall–Kier alpha value is -3.08. The third-order valence-electron chi connectivity index (χ3n) is 7.31. The van der Waals surface area contributed by atoms with Crippen LogP contribution >= 0.6 is 0 Å². The molecule has 0 radical (unpaired) electrons. The van der Waals surface area contributed by atoms with E-state index in [9.17, 15) is 4.79 Å². The number of allylic oxidation sites excluding steroid dienone is 1. The van der Waals surface area contributed by atoms with Gasteiger partial charge < -0.3 is 14.4 Å². The highest BCUT2D eigenvalue weighted by atomic mass is 16.2. The van der Waals surface area contributed by atoms with Crippen LogP contribution in [0.4, 0.5) is 5.82 Å². The second-order valence-electron chi connectivity index (χ2n) is 9.02. The summed E-state index contributed by atoms with van der Waals surface area (Å²) in [5.74, 6) is 1.34. The SMILES string of the molecule is Cn1ccc2ccnc(N3CCC4(CCN(CC5=CCc6ccccc65)C4=O)C3)c21. The molecule has 30 heavy (non-hydrogen) atoms. The van der Waals surface area contributed by atoms with Gasteiger partial charge in [-0.2, -0.15) is 0 Å². The van der Waals surface area contributed by atoms with Gasteiger partial charge in [-0.1, -0.05) is 30.3 Å². The highest BCUT2D eigenvalue weighted by Crippen LogP contribution is 2.43. The van der Waals surface area contributed by atoms with Crippen LogP contribution in [0.5, 0.6) is 0 Å². The van der Waals surface area contributed by atoms with E-state index >= 15 is 0 Å². The lowest BCUT2D eigenvalue weighted by Gasteiger charge is -2.25. The van der Waals surface area contributed by atoms with Gasteiger partial charge in [-0.05, 0) is 48.1 Å². The lowest BCUT2D eigenvalue weighted by atomic mass is 9.85. The Morgan fingerprint density at radius 1 is 1.10 bits per heavy atom. The van der Waals surface area contributed by atoms with E-state index in [-0.39, 0.29) is 5.41 Å². The van der Waals surface area contributed by atoms with Gasteiger partial charge in [-0.25, -0.2) is 4.98 Å². The Kier molecular flexibility index (Phi) is 3.82. The zero-order valence-corrected chi connectivity index (χ0v) is 17.3. The van der Waals surface area contributed by atoms with Crippen molar-refractivity contribution in [3.63, 3.8) is 0 Å². The number of pyridine rings is 1. The Labute approximate surface area is 176 Å². The maximum absolute atomic E-state index is 13.5. The topological polar surface area (TPSA) is 41.4 Å². The molecule has 2 aliphatic heterocycles. The first-order valence-electron chi connectivity index (χ1n) is 10.9. The fourth-order valence-corrected chi connectivity index (χ4v) is 5.64. The summed E-state index contributed by atoms with van der Waals surface area (Å²) in [5.41, 5.74) is 4.90. The average Bonchev–Trinajstić information content (AvgIpc) is 3.53. The number of anilines is 1. The van der Waals surface area contributed by atoms with Crippen LogP contribution in [0.1, 0.15) is 24.0 Å². The van der Waals surface area contributed by atoms with Gasteiger partial charge in [0.15, 0.2) is 5.82 Å². The highest BCUT2D eigenvalue weighted by molar-refractivity contribution is 5.92. The molecule has 5 heteroatoms. The van der Waals surface area contributed by atoms with Crippen molar-refractivity contribution in [2.24, 2.45) is 12.5 Å². The van der Waals surface area contributed by atoms with E-state index in [4.69, 9.17) is 4.98 Å². The summed E-state index contributed by atoms with van der Waals surface area (Å²) in [4.78, 5) is 22.7. The molecule has 2 fully saturated rings. The molecule has 1 aromatic carbocycles. The summed E-state index contributed by atoms with van der Waals surface area (Å²) in [6.07, 6.45) is 9.11. The van der Waals surface area contributed by atoms with Gasteiger partial charge in [-0.15, -0.1) is 0 Å². The number of carbonyl (C=O) groups excluding carboxylic acids is 1. The summed E-state index contributed by atoms with van der Waals surface area (Å²) in [6, 6.07) is 12.8. The fourth-order valence-electron chi connectivity index (χ4n) is 5.64. The average molecular weight is 399 g/mol. The maximum atomic E-state index is 13.5. The van der Waals surface area contributed by atoms with Crippen molar-refractivity contribution in [3.8, 4) is 0 Å². The number of hydrogen-bond acceptors (Lipinski definition) is 3.